The third-order valence-corrected chi connectivity index (χ3v) is 5.18. The standard InChI is InChI=1S/C21H19N5O4S/c1-12(27)22-10-13-6-7-17(30-13)16-11-31-21(24-16)26-19(28)9-8-18-23-15-5-3-2-4-14(15)20(29)25-18/h2-7,11H,8-10H2,1H3,(H,22,27)(H,23,25,29)(H,24,26,28). The number of aryl methyl sites for hydroxylation is 1. The summed E-state index contributed by atoms with van der Waals surface area (Å²) >= 11 is 1.28. The van der Waals surface area contributed by atoms with E-state index in [1.165, 1.54) is 18.3 Å². The van der Waals surface area contributed by atoms with Crippen LogP contribution in [-0.4, -0.2) is 26.8 Å². The number of carbonyl (C=O) groups is 2. The van der Waals surface area contributed by atoms with Crippen molar-refractivity contribution in [3.63, 3.8) is 0 Å². The van der Waals surface area contributed by atoms with Gasteiger partial charge >= 0.3 is 0 Å². The first kappa shape index (κ1) is 20.5. The molecule has 4 rings (SSSR count). The lowest BCUT2D eigenvalue weighted by molar-refractivity contribution is -0.119. The molecule has 3 N–H and O–H groups in total. The zero-order valence-electron chi connectivity index (χ0n) is 16.6. The molecule has 0 aliphatic rings. The molecule has 9 nitrogen and oxygen atoms in total. The molecule has 1 aromatic carbocycles. The number of carbonyl (C=O) groups excluding carboxylic acids is 2. The molecule has 10 heteroatoms. The van der Waals surface area contributed by atoms with Crippen LogP contribution in [-0.2, 0) is 22.6 Å². The number of hydrogen-bond acceptors (Lipinski definition) is 7. The Bertz CT molecular complexity index is 1310. The lowest BCUT2D eigenvalue weighted by Crippen LogP contribution is -2.18. The van der Waals surface area contributed by atoms with Crippen LogP contribution in [0.4, 0.5) is 5.13 Å². The molecular formula is C21H19N5O4S. The molecule has 31 heavy (non-hydrogen) atoms. The van der Waals surface area contributed by atoms with Gasteiger partial charge < -0.3 is 20.0 Å². The molecule has 3 heterocycles. The molecule has 0 spiro atoms. The Kier molecular flexibility index (Phi) is 5.89. The highest BCUT2D eigenvalue weighted by Crippen LogP contribution is 2.26. The molecule has 0 atom stereocenters. The maximum Gasteiger partial charge on any atom is 0.258 e. The Morgan fingerprint density at radius 1 is 1.16 bits per heavy atom. The third-order valence-electron chi connectivity index (χ3n) is 4.43. The van der Waals surface area contributed by atoms with E-state index in [0.29, 0.717) is 52.0 Å². The van der Waals surface area contributed by atoms with Gasteiger partial charge in [-0.05, 0) is 24.3 Å². The van der Waals surface area contributed by atoms with E-state index in [-0.39, 0.29) is 23.8 Å². The van der Waals surface area contributed by atoms with Crippen molar-refractivity contribution in [3.8, 4) is 11.5 Å². The fourth-order valence-electron chi connectivity index (χ4n) is 2.93. The second-order valence-corrected chi connectivity index (χ2v) is 7.65. The lowest BCUT2D eigenvalue weighted by atomic mass is 10.2. The zero-order chi connectivity index (χ0) is 21.8. The van der Waals surface area contributed by atoms with E-state index in [9.17, 15) is 14.4 Å². The number of thiazole rings is 1. The summed E-state index contributed by atoms with van der Waals surface area (Å²) in [5, 5.41) is 8.15. The number of fused-ring (bicyclic) bond motifs is 1. The van der Waals surface area contributed by atoms with Gasteiger partial charge in [-0.3, -0.25) is 14.4 Å². The molecule has 2 amide bonds. The van der Waals surface area contributed by atoms with Crippen LogP contribution >= 0.6 is 11.3 Å². The molecule has 0 saturated carbocycles. The van der Waals surface area contributed by atoms with Crippen LogP contribution in [0.5, 0.6) is 0 Å². The number of anilines is 1. The van der Waals surface area contributed by atoms with E-state index < -0.39 is 0 Å². The fraction of sp³-hybridized carbons (Fsp3) is 0.190. The van der Waals surface area contributed by atoms with Crippen molar-refractivity contribution in [1.29, 1.82) is 0 Å². The number of H-pyrrole nitrogens is 1. The Morgan fingerprint density at radius 2 is 2.00 bits per heavy atom. The van der Waals surface area contributed by atoms with Crippen molar-refractivity contribution in [2.24, 2.45) is 0 Å². The number of aromatic amines is 1. The first-order valence-electron chi connectivity index (χ1n) is 9.55. The van der Waals surface area contributed by atoms with Crippen molar-refractivity contribution >= 4 is 39.2 Å². The number of benzene rings is 1. The highest BCUT2D eigenvalue weighted by molar-refractivity contribution is 7.14. The summed E-state index contributed by atoms with van der Waals surface area (Å²) in [5.41, 5.74) is 0.972. The summed E-state index contributed by atoms with van der Waals surface area (Å²) in [5.74, 6) is 1.25. The number of rotatable bonds is 7. The minimum atomic E-state index is -0.234. The van der Waals surface area contributed by atoms with Gasteiger partial charge in [-0.1, -0.05) is 12.1 Å². The molecule has 158 valence electrons. The number of aromatic nitrogens is 3. The van der Waals surface area contributed by atoms with Gasteiger partial charge in [-0.15, -0.1) is 11.3 Å². The molecule has 0 fully saturated rings. The minimum absolute atomic E-state index is 0.139. The molecule has 0 aliphatic heterocycles. The van der Waals surface area contributed by atoms with Crippen LogP contribution in [0.3, 0.4) is 0 Å². The molecular weight excluding hydrogens is 418 g/mol. The van der Waals surface area contributed by atoms with Gasteiger partial charge in [0, 0.05) is 25.1 Å². The minimum Gasteiger partial charge on any atom is -0.458 e. The number of furan rings is 1. The normalized spacial score (nSPS) is 10.9. The van der Waals surface area contributed by atoms with Crippen molar-refractivity contribution in [1.82, 2.24) is 20.3 Å². The number of nitrogens with zero attached hydrogens (tertiary/aromatic N) is 2. The van der Waals surface area contributed by atoms with E-state index >= 15 is 0 Å². The van der Waals surface area contributed by atoms with Gasteiger partial charge in [0.25, 0.3) is 5.56 Å². The van der Waals surface area contributed by atoms with E-state index in [4.69, 9.17) is 4.42 Å². The third kappa shape index (κ3) is 5.04. The highest BCUT2D eigenvalue weighted by atomic mass is 32.1. The predicted octanol–water partition coefficient (Wildman–Crippen LogP) is 2.85. The Hall–Kier alpha value is -3.79. The summed E-state index contributed by atoms with van der Waals surface area (Å²) in [6.45, 7) is 1.74. The summed E-state index contributed by atoms with van der Waals surface area (Å²) in [7, 11) is 0. The SMILES string of the molecule is CC(=O)NCc1ccc(-c2csc(NC(=O)CCc3nc4ccccc4c(=O)[nH]3)n2)o1. The van der Waals surface area contributed by atoms with Crippen LogP contribution in [0.25, 0.3) is 22.4 Å². The largest absolute Gasteiger partial charge is 0.458 e. The molecule has 3 aromatic heterocycles. The molecule has 0 radical (unpaired) electrons. The molecule has 0 saturated heterocycles. The fourth-order valence-corrected chi connectivity index (χ4v) is 3.65. The maximum absolute atomic E-state index is 12.3. The average Bonchev–Trinajstić information content (AvgIpc) is 3.40. The second kappa shape index (κ2) is 8.92. The predicted molar refractivity (Wildman–Crippen MR) is 117 cm³/mol. The number of para-hydroxylation sites is 1. The molecule has 0 unspecified atom stereocenters. The smallest absolute Gasteiger partial charge is 0.258 e. The van der Waals surface area contributed by atoms with Gasteiger partial charge in [0.1, 0.15) is 17.3 Å². The Labute approximate surface area is 180 Å². The number of nitrogens with one attached hydrogen (secondary N) is 3. The average molecular weight is 437 g/mol. The number of amides is 2. The van der Waals surface area contributed by atoms with Crippen LogP contribution in [0.2, 0.25) is 0 Å². The first-order valence-corrected chi connectivity index (χ1v) is 10.4. The van der Waals surface area contributed by atoms with Gasteiger partial charge in [0.15, 0.2) is 10.9 Å². The van der Waals surface area contributed by atoms with E-state index in [1.54, 1.807) is 35.7 Å². The topological polar surface area (TPSA) is 130 Å². The van der Waals surface area contributed by atoms with Crippen LogP contribution in [0.15, 0.2) is 51.0 Å². The second-order valence-electron chi connectivity index (χ2n) is 6.79. The highest BCUT2D eigenvalue weighted by Gasteiger charge is 2.12. The number of hydrogen-bond donors (Lipinski definition) is 3. The Morgan fingerprint density at radius 3 is 2.84 bits per heavy atom. The van der Waals surface area contributed by atoms with Crippen LogP contribution in [0.1, 0.15) is 24.9 Å². The first-order chi connectivity index (χ1) is 15.0. The van der Waals surface area contributed by atoms with Gasteiger partial charge in [0.2, 0.25) is 11.8 Å². The van der Waals surface area contributed by atoms with Gasteiger partial charge in [-0.2, -0.15) is 0 Å². The monoisotopic (exact) mass is 437 g/mol. The quantitative estimate of drug-likeness (QED) is 0.408. The summed E-state index contributed by atoms with van der Waals surface area (Å²) in [6, 6.07) is 10.6. The Balaban J connectivity index is 1.35. The molecule has 0 aliphatic carbocycles. The van der Waals surface area contributed by atoms with Crippen molar-refractivity contribution < 1.29 is 14.0 Å². The van der Waals surface area contributed by atoms with Crippen molar-refractivity contribution in [3.05, 3.63) is 63.7 Å². The summed E-state index contributed by atoms with van der Waals surface area (Å²) in [4.78, 5) is 46.9. The maximum atomic E-state index is 12.3. The lowest BCUT2D eigenvalue weighted by Gasteiger charge is -2.03. The summed E-state index contributed by atoms with van der Waals surface area (Å²) < 4.78 is 5.66. The van der Waals surface area contributed by atoms with Crippen molar-refractivity contribution in [2.45, 2.75) is 26.3 Å². The summed E-state index contributed by atoms with van der Waals surface area (Å²) in [6.07, 6.45) is 0.451. The van der Waals surface area contributed by atoms with Crippen molar-refractivity contribution in [2.75, 3.05) is 5.32 Å². The van der Waals surface area contributed by atoms with Gasteiger partial charge in [-0.25, -0.2) is 9.97 Å². The van der Waals surface area contributed by atoms with Gasteiger partial charge in [0.05, 0.1) is 17.4 Å². The van der Waals surface area contributed by atoms with E-state index in [0.717, 1.165) is 0 Å². The van der Waals surface area contributed by atoms with Crippen LogP contribution < -0.4 is 16.2 Å². The van der Waals surface area contributed by atoms with E-state index in [1.807, 2.05) is 6.07 Å². The van der Waals surface area contributed by atoms with E-state index in [2.05, 4.69) is 25.6 Å². The van der Waals surface area contributed by atoms with Crippen LogP contribution in [0, 0.1) is 0 Å². The molecule has 4 aromatic rings. The molecule has 0 bridgehead atoms. The zero-order valence-corrected chi connectivity index (χ0v) is 17.4.